The number of hydrogen-bond acceptors (Lipinski definition) is 2. The van der Waals surface area contributed by atoms with Crippen molar-refractivity contribution < 1.29 is 9.18 Å². The van der Waals surface area contributed by atoms with Gasteiger partial charge in [0, 0.05) is 31.7 Å². The van der Waals surface area contributed by atoms with E-state index in [4.69, 9.17) is 12.2 Å². The summed E-state index contributed by atoms with van der Waals surface area (Å²) in [6, 6.07) is 6.10. The minimum Gasteiger partial charge on any atom is -0.361 e. The third kappa shape index (κ3) is 4.17. The van der Waals surface area contributed by atoms with Gasteiger partial charge in [0.1, 0.15) is 5.82 Å². The maximum absolute atomic E-state index is 13.0. The molecule has 6 heteroatoms. The smallest absolute Gasteiger partial charge is 0.222 e. The number of anilines is 1. The molecule has 1 aromatic carbocycles. The molecule has 1 aromatic rings. The SMILES string of the molecule is O=C1CCCN1CCNC(=S)Nc1cccc(F)c1. The average molecular weight is 281 g/mol. The first-order valence-electron chi connectivity index (χ1n) is 6.23. The molecule has 1 heterocycles. The highest BCUT2D eigenvalue weighted by molar-refractivity contribution is 7.80. The van der Waals surface area contributed by atoms with E-state index < -0.39 is 0 Å². The Hall–Kier alpha value is -1.69. The number of nitrogens with zero attached hydrogens (tertiary/aromatic N) is 1. The quantitative estimate of drug-likeness (QED) is 0.825. The lowest BCUT2D eigenvalue weighted by atomic mass is 10.3. The molecule has 0 radical (unpaired) electrons. The first kappa shape index (κ1) is 13.7. The standard InChI is InChI=1S/C13H16FN3OS/c14-10-3-1-4-11(9-10)16-13(19)15-6-8-17-7-2-5-12(17)18/h1,3-4,9H,2,5-8H2,(H2,15,16,19). The number of benzene rings is 1. The lowest BCUT2D eigenvalue weighted by molar-refractivity contribution is -0.127. The second kappa shape index (κ2) is 6.47. The molecule has 2 N–H and O–H groups in total. The summed E-state index contributed by atoms with van der Waals surface area (Å²) in [6.07, 6.45) is 1.58. The van der Waals surface area contributed by atoms with Crippen LogP contribution in [0.15, 0.2) is 24.3 Å². The molecular weight excluding hydrogens is 265 g/mol. The van der Waals surface area contributed by atoms with Gasteiger partial charge < -0.3 is 15.5 Å². The molecule has 1 aliphatic heterocycles. The van der Waals surface area contributed by atoms with Crippen molar-refractivity contribution in [3.8, 4) is 0 Å². The van der Waals surface area contributed by atoms with E-state index in [9.17, 15) is 9.18 Å². The highest BCUT2D eigenvalue weighted by Gasteiger charge is 2.19. The van der Waals surface area contributed by atoms with Crippen LogP contribution in [0.2, 0.25) is 0 Å². The molecule has 1 aliphatic rings. The molecule has 19 heavy (non-hydrogen) atoms. The van der Waals surface area contributed by atoms with Crippen molar-refractivity contribution in [3.63, 3.8) is 0 Å². The molecule has 0 aliphatic carbocycles. The number of carbonyl (C=O) groups excluding carboxylic acids is 1. The Labute approximate surface area is 117 Å². The van der Waals surface area contributed by atoms with Gasteiger partial charge in [0.2, 0.25) is 5.91 Å². The molecule has 0 aromatic heterocycles. The second-order valence-electron chi connectivity index (χ2n) is 4.38. The van der Waals surface area contributed by atoms with Crippen LogP contribution in [0.25, 0.3) is 0 Å². The topological polar surface area (TPSA) is 44.4 Å². The molecule has 1 saturated heterocycles. The van der Waals surface area contributed by atoms with Gasteiger partial charge in [-0.25, -0.2) is 4.39 Å². The summed E-state index contributed by atoms with van der Waals surface area (Å²) in [5.74, 6) is -0.110. The summed E-state index contributed by atoms with van der Waals surface area (Å²) in [7, 11) is 0. The van der Waals surface area contributed by atoms with Crippen molar-refractivity contribution in [2.24, 2.45) is 0 Å². The minimum absolute atomic E-state index is 0.200. The fourth-order valence-corrected chi connectivity index (χ4v) is 2.21. The minimum atomic E-state index is -0.310. The molecule has 102 valence electrons. The number of thiocarbonyl (C=S) groups is 1. The molecular formula is C13H16FN3OS. The molecule has 0 spiro atoms. The van der Waals surface area contributed by atoms with E-state index in [0.29, 0.717) is 30.3 Å². The van der Waals surface area contributed by atoms with Gasteiger partial charge in [-0.3, -0.25) is 4.79 Å². The largest absolute Gasteiger partial charge is 0.361 e. The summed E-state index contributed by atoms with van der Waals surface area (Å²) in [6.45, 7) is 2.06. The molecule has 0 atom stereocenters. The monoisotopic (exact) mass is 281 g/mol. The lowest BCUT2D eigenvalue weighted by Crippen LogP contribution is -2.37. The van der Waals surface area contributed by atoms with E-state index in [-0.39, 0.29) is 11.7 Å². The molecule has 4 nitrogen and oxygen atoms in total. The fourth-order valence-electron chi connectivity index (χ4n) is 1.99. The fraction of sp³-hybridized carbons (Fsp3) is 0.385. The van der Waals surface area contributed by atoms with E-state index in [1.165, 1.54) is 12.1 Å². The van der Waals surface area contributed by atoms with Gasteiger partial charge in [-0.05, 0) is 36.8 Å². The van der Waals surface area contributed by atoms with Crippen molar-refractivity contribution in [1.29, 1.82) is 0 Å². The maximum atomic E-state index is 13.0. The van der Waals surface area contributed by atoms with E-state index in [1.807, 2.05) is 4.90 Å². The third-order valence-corrected chi connectivity index (χ3v) is 3.17. The van der Waals surface area contributed by atoms with Crippen molar-refractivity contribution >= 4 is 28.9 Å². The van der Waals surface area contributed by atoms with Gasteiger partial charge in [-0.1, -0.05) is 6.07 Å². The number of amides is 1. The van der Waals surface area contributed by atoms with Crippen molar-refractivity contribution in [3.05, 3.63) is 30.1 Å². The third-order valence-electron chi connectivity index (χ3n) is 2.92. The van der Waals surface area contributed by atoms with Gasteiger partial charge in [-0.15, -0.1) is 0 Å². The Kier molecular flexibility index (Phi) is 4.68. The number of likely N-dealkylation sites (tertiary alicyclic amines) is 1. The molecule has 0 bridgehead atoms. The van der Waals surface area contributed by atoms with E-state index >= 15 is 0 Å². The van der Waals surface area contributed by atoms with Crippen LogP contribution in [0.4, 0.5) is 10.1 Å². The molecule has 0 unspecified atom stereocenters. The Bertz CT molecular complexity index is 481. The normalized spacial score (nSPS) is 14.6. The van der Waals surface area contributed by atoms with Gasteiger partial charge in [-0.2, -0.15) is 0 Å². The van der Waals surface area contributed by atoms with Gasteiger partial charge in [0.25, 0.3) is 0 Å². The summed E-state index contributed by atoms with van der Waals surface area (Å²) >= 11 is 5.10. The van der Waals surface area contributed by atoms with Crippen molar-refractivity contribution in [2.45, 2.75) is 12.8 Å². The Balaban J connectivity index is 1.71. The molecule has 1 amide bonds. The first-order chi connectivity index (χ1) is 9.15. The van der Waals surface area contributed by atoms with Gasteiger partial charge in [0.05, 0.1) is 0 Å². The van der Waals surface area contributed by atoms with Crippen LogP contribution in [0.1, 0.15) is 12.8 Å². The van der Waals surface area contributed by atoms with Gasteiger partial charge >= 0.3 is 0 Å². The zero-order valence-electron chi connectivity index (χ0n) is 10.5. The van der Waals surface area contributed by atoms with Crippen LogP contribution in [-0.2, 0) is 4.79 Å². The number of rotatable bonds is 4. The number of carbonyl (C=O) groups is 1. The number of hydrogen-bond donors (Lipinski definition) is 2. The predicted octanol–water partition coefficient (Wildman–Crippen LogP) is 1.73. The van der Waals surface area contributed by atoms with Crippen LogP contribution < -0.4 is 10.6 Å². The predicted molar refractivity (Wildman–Crippen MR) is 76.4 cm³/mol. The zero-order chi connectivity index (χ0) is 13.7. The Morgan fingerprint density at radius 3 is 3.00 bits per heavy atom. The summed E-state index contributed by atoms with van der Waals surface area (Å²) < 4.78 is 13.0. The van der Waals surface area contributed by atoms with Crippen LogP contribution in [0, 0.1) is 5.82 Å². The second-order valence-corrected chi connectivity index (χ2v) is 4.78. The van der Waals surface area contributed by atoms with E-state index in [2.05, 4.69) is 10.6 Å². The van der Waals surface area contributed by atoms with E-state index in [1.54, 1.807) is 12.1 Å². The van der Waals surface area contributed by atoms with Crippen molar-refractivity contribution in [1.82, 2.24) is 10.2 Å². The highest BCUT2D eigenvalue weighted by atomic mass is 32.1. The summed E-state index contributed by atoms with van der Waals surface area (Å²) in [5.41, 5.74) is 0.606. The maximum Gasteiger partial charge on any atom is 0.222 e. The summed E-state index contributed by atoms with van der Waals surface area (Å²) in [4.78, 5) is 13.2. The number of nitrogens with one attached hydrogen (secondary N) is 2. The van der Waals surface area contributed by atoms with Crippen LogP contribution >= 0.6 is 12.2 Å². The number of halogens is 1. The Morgan fingerprint density at radius 2 is 2.32 bits per heavy atom. The first-order valence-corrected chi connectivity index (χ1v) is 6.64. The zero-order valence-corrected chi connectivity index (χ0v) is 11.3. The summed E-state index contributed by atoms with van der Waals surface area (Å²) in [5, 5.41) is 6.33. The van der Waals surface area contributed by atoms with Gasteiger partial charge in [0.15, 0.2) is 5.11 Å². The van der Waals surface area contributed by atoms with Crippen molar-refractivity contribution in [2.75, 3.05) is 25.0 Å². The Morgan fingerprint density at radius 1 is 1.47 bits per heavy atom. The molecule has 2 rings (SSSR count). The average Bonchev–Trinajstić information content (AvgIpc) is 2.75. The van der Waals surface area contributed by atoms with Crippen LogP contribution in [0.3, 0.4) is 0 Å². The molecule has 0 saturated carbocycles. The lowest BCUT2D eigenvalue weighted by Gasteiger charge is -2.17. The molecule has 1 fully saturated rings. The van der Waals surface area contributed by atoms with Crippen LogP contribution in [0.5, 0.6) is 0 Å². The van der Waals surface area contributed by atoms with Crippen LogP contribution in [-0.4, -0.2) is 35.6 Å². The highest BCUT2D eigenvalue weighted by Crippen LogP contribution is 2.09. The van der Waals surface area contributed by atoms with E-state index in [0.717, 1.165) is 13.0 Å².